The minimum absolute atomic E-state index is 0.0989. The maximum atomic E-state index is 5.81. The second-order valence-electron chi connectivity index (χ2n) is 4.36. The number of hydrogen-bond donors (Lipinski definition) is 1. The molecule has 2 N–H and O–H groups in total. The Morgan fingerprint density at radius 3 is 2.11 bits per heavy atom. The molecule has 1 rings (SSSR count). The van der Waals surface area contributed by atoms with Crippen molar-refractivity contribution in [1.82, 2.24) is 0 Å². The van der Waals surface area contributed by atoms with Gasteiger partial charge < -0.3 is 19.9 Å². The minimum atomic E-state index is 0.0989. The van der Waals surface area contributed by atoms with E-state index in [2.05, 4.69) is 6.92 Å². The van der Waals surface area contributed by atoms with Crippen molar-refractivity contribution in [2.75, 3.05) is 20.8 Å². The number of nitrogens with two attached hydrogens (primary N) is 1. The summed E-state index contributed by atoms with van der Waals surface area (Å²) >= 11 is 0. The van der Waals surface area contributed by atoms with Crippen molar-refractivity contribution in [3.63, 3.8) is 0 Å². The van der Waals surface area contributed by atoms with Gasteiger partial charge >= 0.3 is 0 Å². The van der Waals surface area contributed by atoms with Gasteiger partial charge in [0.1, 0.15) is 0 Å². The molecule has 18 heavy (non-hydrogen) atoms. The summed E-state index contributed by atoms with van der Waals surface area (Å²) < 4.78 is 16.4. The molecule has 4 nitrogen and oxygen atoms in total. The maximum Gasteiger partial charge on any atom is 0.203 e. The number of ether oxygens (including phenoxy) is 3. The molecule has 4 heteroatoms. The zero-order chi connectivity index (χ0) is 13.5. The van der Waals surface area contributed by atoms with Crippen LogP contribution in [0.4, 0.5) is 0 Å². The molecule has 0 aliphatic rings. The molecule has 0 unspecified atom stereocenters. The Balaban J connectivity index is 3.08. The van der Waals surface area contributed by atoms with Crippen molar-refractivity contribution in [2.24, 2.45) is 5.73 Å². The first kappa shape index (κ1) is 14.6. The molecule has 0 radical (unpaired) electrons. The number of methoxy groups -OCH3 is 2. The highest BCUT2D eigenvalue weighted by Gasteiger charge is 2.14. The van der Waals surface area contributed by atoms with Crippen LogP contribution in [0.1, 0.15) is 25.8 Å². The van der Waals surface area contributed by atoms with Gasteiger partial charge in [-0.25, -0.2) is 0 Å². The van der Waals surface area contributed by atoms with E-state index >= 15 is 0 Å². The molecule has 102 valence electrons. The van der Waals surface area contributed by atoms with Crippen molar-refractivity contribution in [1.29, 1.82) is 0 Å². The van der Waals surface area contributed by atoms with E-state index in [1.807, 2.05) is 19.1 Å². The molecule has 0 aliphatic carbocycles. The van der Waals surface area contributed by atoms with Crippen LogP contribution in [0.3, 0.4) is 0 Å². The highest BCUT2D eigenvalue weighted by atomic mass is 16.5. The first-order valence-electron chi connectivity index (χ1n) is 6.25. The summed E-state index contributed by atoms with van der Waals surface area (Å²) in [6.45, 7) is 4.67. The predicted molar refractivity (Wildman–Crippen MR) is 72.7 cm³/mol. The van der Waals surface area contributed by atoms with E-state index in [1.165, 1.54) is 0 Å². The van der Waals surface area contributed by atoms with Crippen LogP contribution >= 0.6 is 0 Å². The molecule has 0 heterocycles. The molecular formula is C14H23NO3. The van der Waals surface area contributed by atoms with E-state index in [9.17, 15) is 0 Å². The average molecular weight is 253 g/mol. The van der Waals surface area contributed by atoms with Crippen molar-refractivity contribution in [2.45, 2.75) is 32.7 Å². The summed E-state index contributed by atoms with van der Waals surface area (Å²) in [5, 5.41) is 0. The maximum absolute atomic E-state index is 5.81. The quantitative estimate of drug-likeness (QED) is 0.810. The molecule has 1 atom stereocenters. The minimum Gasteiger partial charge on any atom is -0.493 e. The molecule has 1 aromatic carbocycles. The lowest BCUT2D eigenvalue weighted by atomic mass is 10.1. The van der Waals surface area contributed by atoms with Gasteiger partial charge in [0, 0.05) is 6.04 Å². The van der Waals surface area contributed by atoms with Gasteiger partial charge in [-0.3, -0.25) is 0 Å². The Morgan fingerprint density at radius 2 is 1.72 bits per heavy atom. The lowest BCUT2D eigenvalue weighted by Gasteiger charge is -2.16. The van der Waals surface area contributed by atoms with Gasteiger partial charge in [0.05, 0.1) is 20.8 Å². The van der Waals surface area contributed by atoms with Crippen LogP contribution in [0, 0.1) is 0 Å². The summed E-state index contributed by atoms with van der Waals surface area (Å²) in [4.78, 5) is 0. The van der Waals surface area contributed by atoms with Crippen molar-refractivity contribution in [3.8, 4) is 17.2 Å². The van der Waals surface area contributed by atoms with Gasteiger partial charge in [0.2, 0.25) is 5.75 Å². The SMILES string of the molecule is CCCOc1c(OC)cc(C[C@@H](C)N)cc1OC. The monoisotopic (exact) mass is 253 g/mol. The predicted octanol–water partition coefficient (Wildman–Crippen LogP) is 2.38. The average Bonchev–Trinajstić information content (AvgIpc) is 2.35. The number of benzene rings is 1. The Hall–Kier alpha value is -1.42. The molecule has 0 spiro atoms. The van der Waals surface area contributed by atoms with E-state index in [0.717, 1.165) is 18.4 Å². The van der Waals surface area contributed by atoms with Gasteiger partial charge in [-0.15, -0.1) is 0 Å². The topological polar surface area (TPSA) is 53.7 Å². The molecule has 0 amide bonds. The van der Waals surface area contributed by atoms with Crippen LogP contribution in [0.25, 0.3) is 0 Å². The fourth-order valence-corrected chi connectivity index (χ4v) is 1.77. The Morgan fingerprint density at radius 1 is 1.17 bits per heavy atom. The second-order valence-corrected chi connectivity index (χ2v) is 4.36. The molecule has 0 bridgehead atoms. The van der Waals surface area contributed by atoms with E-state index in [1.54, 1.807) is 14.2 Å². The molecule has 0 fully saturated rings. The van der Waals surface area contributed by atoms with Gasteiger partial charge in [-0.2, -0.15) is 0 Å². The van der Waals surface area contributed by atoms with Crippen molar-refractivity contribution < 1.29 is 14.2 Å². The fourth-order valence-electron chi connectivity index (χ4n) is 1.77. The summed E-state index contributed by atoms with van der Waals surface area (Å²) in [5.74, 6) is 2.05. The third-order valence-corrected chi connectivity index (χ3v) is 2.53. The van der Waals surface area contributed by atoms with Crippen LogP contribution in [-0.4, -0.2) is 26.9 Å². The van der Waals surface area contributed by atoms with Gasteiger partial charge in [-0.1, -0.05) is 6.92 Å². The summed E-state index contributed by atoms with van der Waals surface area (Å²) in [5.41, 5.74) is 6.90. The standard InChI is InChI=1S/C14H23NO3/c1-5-6-18-14-12(16-3)8-11(7-10(2)15)9-13(14)17-4/h8-10H,5-7,15H2,1-4H3/t10-/m1/s1. The van der Waals surface area contributed by atoms with E-state index in [-0.39, 0.29) is 6.04 Å². The van der Waals surface area contributed by atoms with Crippen LogP contribution in [0.15, 0.2) is 12.1 Å². The summed E-state index contributed by atoms with van der Waals surface area (Å²) in [6.07, 6.45) is 1.72. The third-order valence-electron chi connectivity index (χ3n) is 2.53. The second kappa shape index (κ2) is 7.11. The first-order chi connectivity index (χ1) is 8.62. The Labute approximate surface area is 109 Å². The Kier molecular flexibility index (Phi) is 5.78. The van der Waals surface area contributed by atoms with E-state index in [4.69, 9.17) is 19.9 Å². The third kappa shape index (κ3) is 3.81. The van der Waals surface area contributed by atoms with Gasteiger partial charge in [0.15, 0.2) is 11.5 Å². The fraction of sp³-hybridized carbons (Fsp3) is 0.571. The summed E-state index contributed by atoms with van der Waals surface area (Å²) in [7, 11) is 3.26. The Bertz CT molecular complexity index is 352. The molecule has 0 saturated heterocycles. The largest absolute Gasteiger partial charge is 0.493 e. The van der Waals surface area contributed by atoms with Crippen LogP contribution in [0.5, 0.6) is 17.2 Å². The van der Waals surface area contributed by atoms with Crippen LogP contribution in [0.2, 0.25) is 0 Å². The van der Waals surface area contributed by atoms with Gasteiger partial charge in [0.25, 0.3) is 0 Å². The lowest BCUT2D eigenvalue weighted by molar-refractivity contribution is 0.274. The van der Waals surface area contributed by atoms with E-state index in [0.29, 0.717) is 23.9 Å². The van der Waals surface area contributed by atoms with Gasteiger partial charge in [-0.05, 0) is 37.5 Å². The zero-order valence-corrected chi connectivity index (χ0v) is 11.7. The number of hydrogen-bond acceptors (Lipinski definition) is 4. The zero-order valence-electron chi connectivity index (χ0n) is 11.7. The summed E-state index contributed by atoms with van der Waals surface area (Å²) in [6, 6.07) is 4.01. The molecule has 1 aromatic rings. The smallest absolute Gasteiger partial charge is 0.203 e. The number of rotatable bonds is 7. The van der Waals surface area contributed by atoms with Crippen molar-refractivity contribution in [3.05, 3.63) is 17.7 Å². The van der Waals surface area contributed by atoms with Crippen molar-refractivity contribution >= 4 is 0 Å². The molecule has 0 saturated carbocycles. The molecule has 0 aromatic heterocycles. The van der Waals surface area contributed by atoms with Crippen LogP contribution < -0.4 is 19.9 Å². The molecular weight excluding hydrogens is 230 g/mol. The first-order valence-corrected chi connectivity index (χ1v) is 6.25. The van der Waals surface area contributed by atoms with Crippen LogP contribution in [-0.2, 0) is 6.42 Å². The molecule has 0 aliphatic heterocycles. The normalized spacial score (nSPS) is 12.1. The highest BCUT2D eigenvalue weighted by Crippen LogP contribution is 2.38. The van der Waals surface area contributed by atoms with E-state index < -0.39 is 0 Å². The lowest BCUT2D eigenvalue weighted by Crippen LogP contribution is -2.17. The highest BCUT2D eigenvalue weighted by molar-refractivity contribution is 5.54.